The second-order valence-corrected chi connectivity index (χ2v) is 6.81. The van der Waals surface area contributed by atoms with Crippen molar-refractivity contribution in [2.45, 2.75) is 13.2 Å². The first-order chi connectivity index (χ1) is 13.6. The Labute approximate surface area is 163 Å². The van der Waals surface area contributed by atoms with Gasteiger partial charge in [0.25, 0.3) is 0 Å². The minimum atomic E-state index is -0.589. The average Bonchev–Trinajstić information content (AvgIpc) is 3.31. The van der Waals surface area contributed by atoms with E-state index in [9.17, 15) is 9.59 Å². The third kappa shape index (κ3) is 3.67. The molecule has 0 unspecified atom stereocenters. The van der Waals surface area contributed by atoms with Crippen molar-refractivity contribution in [3.63, 3.8) is 0 Å². The zero-order valence-corrected chi connectivity index (χ0v) is 15.8. The fourth-order valence-electron chi connectivity index (χ4n) is 2.73. The van der Waals surface area contributed by atoms with Gasteiger partial charge in [-0.25, -0.2) is 9.78 Å². The second-order valence-electron chi connectivity index (χ2n) is 5.96. The van der Waals surface area contributed by atoms with Gasteiger partial charge in [0.1, 0.15) is 23.9 Å². The third-order valence-electron chi connectivity index (χ3n) is 4.13. The van der Waals surface area contributed by atoms with Gasteiger partial charge in [0, 0.05) is 10.9 Å². The highest BCUT2D eigenvalue weighted by Gasteiger charge is 2.14. The van der Waals surface area contributed by atoms with Gasteiger partial charge in [0.15, 0.2) is 5.58 Å². The van der Waals surface area contributed by atoms with E-state index < -0.39 is 11.7 Å². The molecule has 4 aromatic rings. The maximum absolute atomic E-state index is 12.2. The number of nitrogens with zero attached hydrogens (tertiary/aromatic N) is 2. The molecule has 4 rings (SSSR count). The first-order valence-electron chi connectivity index (χ1n) is 8.47. The van der Waals surface area contributed by atoms with Gasteiger partial charge in [-0.1, -0.05) is 12.1 Å². The van der Waals surface area contributed by atoms with Crippen molar-refractivity contribution < 1.29 is 18.7 Å². The lowest BCUT2D eigenvalue weighted by atomic mass is 10.2. The number of rotatable bonds is 6. The number of carbonyl (C=O) groups is 1. The molecule has 0 amide bonds. The first-order valence-corrected chi connectivity index (χ1v) is 9.35. The molecule has 2 aromatic heterocycles. The van der Waals surface area contributed by atoms with E-state index in [4.69, 9.17) is 13.9 Å². The zero-order valence-electron chi connectivity index (χ0n) is 15.0. The van der Waals surface area contributed by atoms with Crippen molar-refractivity contribution in [1.29, 1.82) is 0 Å². The molecule has 28 heavy (non-hydrogen) atoms. The van der Waals surface area contributed by atoms with Crippen LogP contribution in [0.2, 0.25) is 0 Å². The monoisotopic (exact) mass is 396 g/mol. The van der Waals surface area contributed by atoms with E-state index in [2.05, 4.69) is 4.98 Å². The van der Waals surface area contributed by atoms with Gasteiger partial charge in [-0.2, -0.15) is 0 Å². The van der Waals surface area contributed by atoms with Crippen LogP contribution in [0.3, 0.4) is 0 Å². The molecule has 0 saturated carbocycles. The number of thiazole rings is 1. The fourth-order valence-corrected chi connectivity index (χ4v) is 3.54. The highest BCUT2D eigenvalue weighted by Crippen LogP contribution is 2.26. The molecule has 0 spiro atoms. The van der Waals surface area contributed by atoms with E-state index >= 15 is 0 Å². The third-order valence-corrected chi connectivity index (χ3v) is 5.07. The molecule has 0 bridgehead atoms. The maximum atomic E-state index is 12.2. The maximum Gasteiger partial charge on any atom is 0.420 e. The molecular formula is C20H16N2O5S. The Morgan fingerprint density at radius 1 is 1.18 bits per heavy atom. The van der Waals surface area contributed by atoms with Gasteiger partial charge in [-0.05, 0) is 36.4 Å². The molecule has 0 radical (unpaired) electrons. The fraction of sp³-hybridized carbons (Fsp3) is 0.150. The molecule has 142 valence electrons. The van der Waals surface area contributed by atoms with Crippen LogP contribution >= 0.6 is 11.3 Å². The second kappa shape index (κ2) is 7.69. The van der Waals surface area contributed by atoms with Crippen molar-refractivity contribution in [3.05, 3.63) is 70.2 Å². The summed E-state index contributed by atoms with van der Waals surface area (Å²) in [5.74, 6) is -0.349. The summed E-state index contributed by atoms with van der Waals surface area (Å²) in [4.78, 5) is 28.6. The van der Waals surface area contributed by atoms with Gasteiger partial charge >= 0.3 is 11.7 Å². The summed E-state index contributed by atoms with van der Waals surface area (Å²) in [7, 11) is 1.62. The number of esters is 1. The molecule has 7 nitrogen and oxygen atoms in total. The normalized spacial score (nSPS) is 10.9. The van der Waals surface area contributed by atoms with Crippen molar-refractivity contribution in [3.8, 4) is 16.3 Å². The number of carbonyl (C=O) groups excluding carboxylic acids is 1. The quantitative estimate of drug-likeness (QED) is 0.464. The van der Waals surface area contributed by atoms with E-state index in [0.717, 1.165) is 16.3 Å². The number of fused-ring (bicyclic) bond motifs is 1. The largest absolute Gasteiger partial charge is 0.497 e. The Kier molecular flexibility index (Phi) is 4.94. The first kappa shape index (κ1) is 18.0. The molecule has 2 heterocycles. The number of aromatic nitrogens is 2. The lowest BCUT2D eigenvalue weighted by Gasteiger charge is -2.04. The van der Waals surface area contributed by atoms with Crippen LogP contribution in [0.4, 0.5) is 0 Å². The zero-order chi connectivity index (χ0) is 19.5. The van der Waals surface area contributed by atoms with Crippen molar-refractivity contribution in [2.75, 3.05) is 7.11 Å². The lowest BCUT2D eigenvalue weighted by molar-refractivity contribution is -0.145. The van der Waals surface area contributed by atoms with Gasteiger partial charge in [-0.15, -0.1) is 11.3 Å². The summed E-state index contributed by atoms with van der Waals surface area (Å²) >= 11 is 1.46. The molecule has 0 N–H and O–H groups in total. The minimum absolute atomic E-state index is 0.0377. The van der Waals surface area contributed by atoms with E-state index in [0.29, 0.717) is 16.8 Å². The van der Waals surface area contributed by atoms with Gasteiger partial charge in [0.05, 0.1) is 18.3 Å². The van der Waals surface area contributed by atoms with E-state index in [-0.39, 0.29) is 13.2 Å². The van der Waals surface area contributed by atoms with Crippen molar-refractivity contribution in [2.24, 2.45) is 0 Å². The molecule has 0 atom stereocenters. The number of para-hydroxylation sites is 2. The number of oxazole rings is 1. The SMILES string of the molecule is COc1ccc(-c2nc(COC(=O)Cn3c(=O)oc4ccccc43)cs2)cc1. The predicted molar refractivity (Wildman–Crippen MR) is 104 cm³/mol. The van der Waals surface area contributed by atoms with Gasteiger partial charge in [0.2, 0.25) is 0 Å². The van der Waals surface area contributed by atoms with E-state index in [1.54, 1.807) is 31.4 Å². The highest BCUT2D eigenvalue weighted by atomic mass is 32.1. The van der Waals surface area contributed by atoms with Crippen LogP contribution in [0, 0.1) is 0 Å². The number of hydrogen-bond acceptors (Lipinski definition) is 7. The van der Waals surface area contributed by atoms with Crippen LogP contribution in [-0.2, 0) is 22.7 Å². The molecule has 0 aliphatic rings. The molecule has 0 fully saturated rings. The molecule has 2 aromatic carbocycles. The van der Waals surface area contributed by atoms with Crippen LogP contribution in [0.5, 0.6) is 5.75 Å². The van der Waals surface area contributed by atoms with Crippen LogP contribution in [0.15, 0.2) is 63.1 Å². The van der Waals surface area contributed by atoms with E-state index in [1.807, 2.05) is 29.6 Å². The predicted octanol–water partition coefficient (Wildman–Crippen LogP) is 3.47. The van der Waals surface area contributed by atoms with Gasteiger partial charge in [-0.3, -0.25) is 9.36 Å². The summed E-state index contributed by atoms with van der Waals surface area (Å²) in [6, 6.07) is 14.5. The number of hydrogen-bond donors (Lipinski definition) is 0. The molecule has 0 aliphatic carbocycles. The summed E-state index contributed by atoms with van der Waals surface area (Å²) in [5, 5.41) is 2.66. The summed E-state index contributed by atoms with van der Waals surface area (Å²) in [5.41, 5.74) is 2.59. The average molecular weight is 396 g/mol. The topological polar surface area (TPSA) is 83.6 Å². The van der Waals surface area contributed by atoms with Crippen LogP contribution in [0.25, 0.3) is 21.7 Å². The van der Waals surface area contributed by atoms with Crippen LogP contribution in [0.1, 0.15) is 5.69 Å². The van der Waals surface area contributed by atoms with Crippen molar-refractivity contribution in [1.82, 2.24) is 9.55 Å². The van der Waals surface area contributed by atoms with Crippen LogP contribution < -0.4 is 10.5 Å². The Bertz CT molecular complexity index is 1170. The summed E-state index contributed by atoms with van der Waals surface area (Å²) in [6.45, 7) is -0.179. The Balaban J connectivity index is 1.40. The summed E-state index contributed by atoms with van der Waals surface area (Å²) < 4.78 is 16.8. The van der Waals surface area contributed by atoms with Crippen molar-refractivity contribution >= 4 is 28.4 Å². The molecule has 0 aliphatic heterocycles. The van der Waals surface area contributed by atoms with E-state index in [1.165, 1.54) is 15.9 Å². The minimum Gasteiger partial charge on any atom is -0.497 e. The Hall–Kier alpha value is -3.39. The number of ether oxygens (including phenoxy) is 2. The Morgan fingerprint density at radius 3 is 2.75 bits per heavy atom. The summed E-state index contributed by atoms with van der Waals surface area (Å²) in [6.07, 6.45) is 0. The Morgan fingerprint density at radius 2 is 1.96 bits per heavy atom. The lowest BCUT2D eigenvalue weighted by Crippen LogP contribution is -2.21. The number of benzene rings is 2. The van der Waals surface area contributed by atoms with Crippen LogP contribution in [-0.4, -0.2) is 22.6 Å². The highest BCUT2D eigenvalue weighted by molar-refractivity contribution is 7.13. The molecule has 0 saturated heterocycles. The standard InChI is InChI=1S/C20H16N2O5S/c1-25-15-8-6-13(7-9-15)19-21-14(12-28-19)11-26-18(23)10-22-16-4-2-3-5-17(16)27-20(22)24/h2-9,12H,10-11H2,1H3. The van der Waals surface area contributed by atoms with Gasteiger partial charge < -0.3 is 13.9 Å². The molecular weight excluding hydrogens is 380 g/mol. The molecule has 8 heteroatoms. The number of methoxy groups -OCH3 is 1. The smallest absolute Gasteiger partial charge is 0.420 e.